The third-order valence-corrected chi connectivity index (χ3v) is 6.03. The van der Waals surface area contributed by atoms with Crippen molar-refractivity contribution in [1.82, 2.24) is 25.4 Å². The lowest BCUT2D eigenvalue weighted by atomic mass is 9.64. The Balaban J connectivity index is 0.00000240. The highest BCUT2D eigenvalue weighted by molar-refractivity contribution is 14.0. The quantitative estimate of drug-likeness (QED) is 0.355. The van der Waals surface area contributed by atoms with Crippen LogP contribution in [0.2, 0.25) is 0 Å². The molecule has 0 radical (unpaired) electrons. The van der Waals surface area contributed by atoms with Gasteiger partial charge >= 0.3 is 0 Å². The lowest BCUT2D eigenvalue weighted by Gasteiger charge is -2.43. The summed E-state index contributed by atoms with van der Waals surface area (Å²) >= 11 is 0. The number of aromatic nitrogens is 3. The highest BCUT2D eigenvalue weighted by Crippen LogP contribution is 2.43. The first-order valence-corrected chi connectivity index (χ1v) is 10.2. The molecule has 2 N–H and O–H groups in total. The predicted octanol–water partition coefficient (Wildman–Crippen LogP) is 2.64. The minimum absolute atomic E-state index is 0. The van der Waals surface area contributed by atoms with Crippen LogP contribution in [0.3, 0.4) is 0 Å². The summed E-state index contributed by atoms with van der Waals surface area (Å²) in [5.74, 6) is 2.67. The van der Waals surface area contributed by atoms with Crippen LogP contribution in [0.4, 0.5) is 0 Å². The van der Waals surface area contributed by atoms with Gasteiger partial charge in [-0.05, 0) is 24.8 Å². The standard InChI is InChI=1S/C21H30N6O.HI/c1-22-20(23-15-21(11-6-12-21)16-7-4-3-5-8-16)24-17-9-10-19-25-18(14-28-2)26-27(19)13-17;/h3-5,7-8,17H,6,9-15H2,1-2H3,(H2,22,23,24);1H. The molecule has 2 aromatic rings. The van der Waals surface area contributed by atoms with Crippen LogP contribution in [-0.2, 0) is 29.7 Å². The average Bonchev–Trinajstić information content (AvgIpc) is 3.09. The van der Waals surface area contributed by atoms with Gasteiger partial charge in [0.05, 0.1) is 6.54 Å². The highest BCUT2D eigenvalue weighted by Gasteiger charge is 2.38. The topological polar surface area (TPSA) is 76.4 Å². The minimum Gasteiger partial charge on any atom is -0.377 e. The van der Waals surface area contributed by atoms with E-state index in [-0.39, 0.29) is 29.4 Å². The maximum absolute atomic E-state index is 5.15. The number of aryl methyl sites for hydroxylation is 1. The molecule has 0 saturated heterocycles. The molecule has 158 valence electrons. The second kappa shape index (κ2) is 9.88. The number of nitrogens with zero attached hydrogens (tertiary/aromatic N) is 4. The molecule has 1 fully saturated rings. The second-order valence-corrected chi connectivity index (χ2v) is 7.86. The van der Waals surface area contributed by atoms with Gasteiger partial charge in [0.2, 0.25) is 0 Å². The molecule has 1 unspecified atom stereocenters. The third-order valence-electron chi connectivity index (χ3n) is 6.03. The van der Waals surface area contributed by atoms with Gasteiger partial charge in [0.1, 0.15) is 12.4 Å². The van der Waals surface area contributed by atoms with Crippen molar-refractivity contribution in [3.8, 4) is 0 Å². The van der Waals surface area contributed by atoms with Gasteiger partial charge in [-0.2, -0.15) is 5.10 Å². The van der Waals surface area contributed by atoms with E-state index in [9.17, 15) is 0 Å². The van der Waals surface area contributed by atoms with Gasteiger partial charge in [-0.3, -0.25) is 4.99 Å². The summed E-state index contributed by atoms with van der Waals surface area (Å²) in [5.41, 5.74) is 1.67. The van der Waals surface area contributed by atoms with E-state index in [1.165, 1.54) is 24.8 Å². The van der Waals surface area contributed by atoms with E-state index in [0.29, 0.717) is 12.6 Å². The number of benzene rings is 1. The number of nitrogens with one attached hydrogen (secondary N) is 2. The zero-order valence-corrected chi connectivity index (χ0v) is 19.6. The number of hydrogen-bond donors (Lipinski definition) is 2. The molecule has 0 amide bonds. The SMILES string of the molecule is CN=C(NCC1(c2ccccc2)CCC1)NC1CCc2nc(COC)nn2C1.I. The van der Waals surface area contributed by atoms with Crippen LogP contribution in [-0.4, -0.2) is 47.5 Å². The van der Waals surface area contributed by atoms with Crippen LogP contribution in [0, 0.1) is 0 Å². The number of rotatable bonds is 6. The van der Waals surface area contributed by atoms with Crippen molar-refractivity contribution in [3.63, 3.8) is 0 Å². The van der Waals surface area contributed by atoms with E-state index < -0.39 is 0 Å². The summed E-state index contributed by atoms with van der Waals surface area (Å²) in [4.78, 5) is 9.01. The van der Waals surface area contributed by atoms with Crippen molar-refractivity contribution in [2.24, 2.45) is 4.99 Å². The van der Waals surface area contributed by atoms with Crippen molar-refractivity contribution in [2.45, 2.75) is 56.7 Å². The zero-order chi connectivity index (χ0) is 19.4. The molecule has 1 atom stereocenters. The fourth-order valence-corrected chi connectivity index (χ4v) is 4.27. The van der Waals surface area contributed by atoms with Crippen LogP contribution < -0.4 is 10.6 Å². The lowest BCUT2D eigenvalue weighted by molar-refractivity contribution is 0.177. The highest BCUT2D eigenvalue weighted by atomic mass is 127. The first kappa shape index (κ1) is 22.0. The Hall–Kier alpha value is -1.68. The van der Waals surface area contributed by atoms with Crippen molar-refractivity contribution in [2.75, 3.05) is 20.7 Å². The molecular formula is C21H31IN6O. The first-order chi connectivity index (χ1) is 13.7. The van der Waals surface area contributed by atoms with Crippen molar-refractivity contribution >= 4 is 29.9 Å². The molecule has 0 spiro atoms. The van der Waals surface area contributed by atoms with E-state index in [2.05, 4.69) is 56.0 Å². The van der Waals surface area contributed by atoms with Crippen molar-refractivity contribution in [1.29, 1.82) is 0 Å². The molecule has 29 heavy (non-hydrogen) atoms. The summed E-state index contributed by atoms with van der Waals surface area (Å²) < 4.78 is 7.15. The minimum atomic E-state index is 0. The molecule has 1 aromatic heterocycles. The molecule has 1 aliphatic heterocycles. The van der Waals surface area contributed by atoms with Gasteiger partial charge in [-0.25, -0.2) is 9.67 Å². The van der Waals surface area contributed by atoms with E-state index >= 15 is 0 Å². The summed E-state index contributed by atoms with van der Waals surface area (Å²) in [6.45, 7) is 2.18. The summed E-state index contributed by atoms with van der Waals surface area (Å²) in [5, 5.41) is 11.7. The number of hydrogen-bond acceptors (Lipinski definition) is 4. The fraction of sp³-hybridized carbons (Fsp3) is 0.571. The number of aliphatic imine (C=N–C) groups is 1. The zero-order valence-electron chi connectivity index (χ0n) is 17.2. The molecule has 2 aliphatic rings. The monoisotopic (exact) mass is 510 g/mol. The van der Waals surface area contributed by atoms with E-state index in [4.69, 9.17) is 4.74 Å². The van der Waals surface area contributed by atoms with Crippen molar-refractivity contribution < 1.29 is 4.74 Å². The maximum atomic E-state index is 5.15. The van der Waals surface area contributed by atoms with E-state index in [1.54, 1.807) is 7.11 Å². The molecule has 8 heteroatoms. The average molecular weight is 510 g/mol. The lowest BCUT2D eigenvalue weighted by Crippen LogP contribution is -2.52. The van der Waals surface area contributed by atoms with Gasteiger partial charge < -0.3 is 15.4 Å². The number of ether oxygens (including phenoxy) is 1. The molecule has 1 aromatic carbocycles. The van der Waals surface area contributed by atoms with Gasteiger partial charge in [0, 0.05) is 38.6 Å². The van der Waals surface area contributed by atoms with Crippen LogP contribution >= 0.6 is 24.0 Å². The Morgan fingerprint density at radius 3 is 2.76 bits per heavy atom. The molecule has 7 nitrogen and oxygen atoms in total. The van der Waals surface area contributed by atoms with Gasteiger partial charge in [0.15, 0.2) is 11.8 Å². The number of halogens is 1. The number of fused-ring (bicyclic) bond motifs is 1. The van der Waals surface area contributed by atoms with Crippen LogP contribution in [0.15, 0.2) is 35.3 Å². The summed E-state index contributed by atoms with van der Waals surface area (Å²) in [6.07, 6.45) is 5.70. The fourth-order valence-electron chi connectivity index (χ4n) is 4.27. The largest absolute Gasteiger partial charge is 0.377 e. The van der Waals surface area contributed by atoms with Gasteiger partial charge in [0.25, 0.3) is 0 Å². The predicted molar refractivity (Wildman–Crippen MR) is 125 cm³/mol. The Morgan fingerprint density at radius 2 is 2.10 bits per heavy atom. The van der Waals surface area contributed by atoms with Crippen LogP contribution in [0.25, 0.3) is 0 Å². The van der Waals surface area contributed by atoms with Crippen molar-refractivity contribution in [3.05, 3.63) is 47.5 Å². The molecule has 2 heterocycles. The first-order valence-electron chi connectivity index (χ1n) is 10.2. The summed E-state index contributed by atoms with van der Waals surface area (Å²) in [6, 6.07) is 11.2. The Labute approximate surface area is 189 Å². The molecule has 1 aliphatic carbocycles. The van der Waals surface area contributed by atoms with E-state index in [1.807, 2.05) is 11.7 Å². The molecule has 4 rings (SSSR count). The Morgan fingerprint density at radius 1 is 1.31 bits per heavy atom. The maximum Gasteiger partial charge on any atom is 0.191 e. The van der Waals surface area contributed by atoms with Crippen LogP contribution in [0.5, 0.6) is 0 Å². The molecule has 1 saturated carbocycles. The smallest absolute Gasteiger partial charge is 0.191 e. The summed E-state index contributed by atoms with van der Waals surface area (Å²) in [7, 11) is 3.51. The van der Waals surface area contributed by atoms with Gasteiger partial charge in [-0.1, -0.05) is 36.8 Å². The molecule has 0 bridgehead atoms. The van der Waals surface area contributed by atoms with E-state index in [0.717, 1.165) is 43.5 Å². The Kier molecular flexibility index (Phi) is 7.50. The third kappa shape index (κ3) is 4.91. The molecular weight excluding hydrogens is 479 g/mol. The normalized spacial score (nSPS) is 20.2. The second-order valence-electron chi connectivity index (χ2n) is 7.86. The Bertz CT molecular complexity index is 818. The van der Waals surface area contributed by atoms with Gasteiger partial charge in [-0.15, -0.1) is 24.0 Å². The number of guanidine groups is 1. The number of methoxy groups -OCH3 is 1. The van der Waals surface area contributed by atoms with Crippen LogP contribution in [0.1, 0.15) is 42.9 Å².